The summed E-state index contributed by atoms with van der Waals surface area (Å²) in [5, 5.41) is 16.4. The van der Waals surface area contributed by atoms with Crippen molar-refractivity contribution < 1.29 is 19.4 Å². The van der Waals surface area contributed by atoms with E-state index in [9.17, 15) is 14.7 Å². The van der Waals surface area contributed by atoms with Gasteiger partial charge in [-0.1, -0.05) is 30.3 Å². The Kier molecular flexibility index (Phi) is 8.96. The van der Waals surface area contributed by atoms with Gasteiger partial charge in [0.05, 0.1) is 32.4 Å². The zero-order valence-electron chi connectivity index (χ0n) is 15.0. The first-order valence-corrected chi connectivity index (χ1v) is 10.5. The molecule has 2 rings (SSSR count). The highest BCUT2D eigenvalue weighted by atomic mass is 127. The number of hydrogen-bond acceptors (Lipinski definition) is 5. The van der Waals surface area contributed by atoms with Crippen LogP contribution in [0.2, 0.25) is 0 Å². The number of rotatable bonds is 7. The van der Waals surface area contributed by atoms with E-state index in [4.69, 9.17) is 4.74 Å². The molecule has 1 atom stereocenters. The molecule has 2 aromatic rings. The Morgan fingerprint density at radius 3 is 2.46 bits per heavy atom. The minimum Gasteiger partial charge on any atom is -0.506 e. The molecule has 0 bridgehead atoms. The molecule has 9 heteroatoms. The number of amides is 2. The van der Waals surface area contributed by atoms with Gasteiger partial charge in [-0.15, -0.1) is 0 Å². The van der Waals surface area contributed by atoms with E-state index in [2.05, 4.69) is 15.8 Å². The third-order valence-corrected chi connectivity index (χ3v) is 5.25. The molecular weight excluding hydrogens is 588 g/mol. The molecule has 0 radical (unpaired) electrons. The van der Waals surface area contributed by atoms with Gasteiger partial charge in [0.1, 0.15) is 5.75 Å². The number of carbonyl (C=O) groups is 2. The highest BCUT2D eigenvalue weighted by molar-refractivity contribution is 14.1. The highest BCUT2D eigenvalue weighted by Gasteiger charge is 2.18. The number of phenols is 1. The van der Waals surface area contributed by atoms with E-state index >= 15 is 0 Å². The topological polar surface area (TPSA) is 100 Å². The summed E-state index contributed by atoms with van der Waals surface area (Å²) < 4.78 is 6.30. The maximum atomic E-state index is 12.3. The van der Waals surface area contributed by atoms with Gasteiger partial charge in [0.25, 0.3) is 0 Å². The molecule has 0 saturated carbocycles. The number of hydrogen-bond donors (Lipinski definition) is 3. The second-order valence-corrected chi connectivity index (χ2v) is 7.98. The van der Waals surface area contributed by atoms with E-state index in [1.54, 1.807) is 19.1 Å². The largest absolute Gasteiger partial charge is 0.506 e. The molecule has 0 fully saturated rings. The van der Waals surface area contributed by atoms with Gasteiger partial charge in [0.2, 0.25) is 5.91 Å². The molecule has 2 amide bonds. The van der Waals surface area contributed by atoms with Gasteiger partial charge in [-0.25, -0.2) is 10.2 Å². The third-order valence-electron chi connectivity index (χ3n) is 3.60. The van der Waals surface area contributed by atoms with Gasteiger partial charge in [-0.2, -0.15) is 5.10 Å². The Labute approximate surface area is 190 Å². The molecule has 3 N–H and O–H groups in total. The van der Waals surface area contributed by atoms with Gasteiger partial charge in [0.15, 0.2) is 0 Å². The number of alkyl carbamates (subject to hydrolysis) is 1. The Morgan fingerprint density at radius 1 is 1.21 bits per heavy atom. The third kappa shape index (κ3) is 6.93. The number of nitrogens with one attached hydrogen (secondary N) is 2. The van der Waals surface area contributed by atoms with Crippen molar-refractivity contribution in [3.8, 4) is 5.75 Å². The van der Waals surface area contributed by atoms with Crippen molar-refractivity contribution in [2.24, 2.45) is 5.10 Å². The summed E-state index contributed by atoms with van der Waals surface area (Å²) in [6, 6.07) is 12.1. The van der Waals surface area contributed by atoms with E-state index in [1.165, 1.54) is 6.21 Å². The van der Waals surface area contributed by atoms with Crippen molar-refractivity contribution in [3.05, 3.63) is 60.7 Å². The minimum absolute atomic E-state index is 0.00478. The van der Waals surface area contributed by atoms with Crippen LogP contribution in [0.15, 0.2) is 47.6 Å². The summed E-state index contributed by atoms with van der Waals surface area (Å²) in [4.78, 5) is 24.1. The number of phenolic OH excluding ortho intramolecular Hbond substituents is 1. The molecule has 7 nitrogen and oxygen atoms in total. The number of aromatic hydroxyl groups is 1. The van der Waals surface area contributed by atoms with Gasteiger partial charge in [-0.05, 0) is 75.4 Å². The molecule has 0 aliphatic carbocycles. The van der Waals surface area contributed by atoms with Crippen LogP contribution < -0.4 is 10.7 Å². The summed E-state index contributed by atoms with van der Waals surface area (Å²) in [6.45, 7) is 1.96. The second kappa shape index (κ2) is 11.2. The lowest BCUT2D eigenvalue weighted by atomic mass is 10.0. The molecule has 0 aliphatic rings. The smallest absolute Gasteiger partial charge is 0.407 e. The summed E-state index contributed by atoms with van der Waals surface area (Å²) in [7, 11) is 0. The van der Waals surface area contributed by atoms with Gasteiger partial charge >= 0.3 is 6.09 Å². The van der Waals surface area contributed by atoms with Gasteiger partial charge < -0.3 is 15.2 Å². The molecule has 0 unspecified atom stereocenters. The van der Waals surface area contributed by atoms with E-state index < -0.39 is 12.1 Å². The number of halogens is 2. The van der Waals surface area contributed by atoms with Crippen LogP contribution in [0.3, 0.4) is 0 Å². The SMILES string of the molecule is CCOC(=O)N[C@@H](CC(=O)N/N=C\c1cc(I)c(O)c(I)c1)c1ccccc1. The predicted molar refractivity (Wildman–Crippen MR) is 123 cm³/mol. The summed E-state index contributed by atoms with van der Waals surface area (Å²) in [5.74, 6) is -0.136. The molecule has 0 aliphatic heterocycles. The van der Waals surface area contributed by atoms with Crippen molar-refractivity contribution in [3.63, 3.8) is 0 Å². The average Bonchev–Trinajstić information content (AvgIpc) is 2.66. The summed E-state index contributed by atoms with van der Waals surface area (Å²) in [5.41, 5.74) is 4.00. The van der Waals surface area contributed by atoms with Crippen molar-refractivity contribution >= 4 is 63.4 Å². The standard InChI is InChI=1S/C19H19I2N3O4/c1-2-28-19(27)23-16(13-6-4-3-5-7-13)10-17(25)24-22-11-12-8-14(20)18(26)15(21)9-12/h3-9,11,16,26H,2,10H2,1H3,(H,23,27)(H,24,25)/b22-11-/t16-/m0/s1. The first-order valence-electron chi connectivity index (χ1n) is 8.38. The fraction of sp³-hybridized carbons (Fsp3) is 0.211. The first-order chi connectivity index (χ1) is 13.4. The lowest BCUT2D eigenvalue weighted by Gasteiger charge is -2.18. The summed E-state index contributed by atoms with van der Waals surface area (Å²) in [6.07, 6.45) is 0.920. The summed E-state index contributed by atoms with van der Waals surface area (Å²) >= 11 is 4.05. The zero-order chi connectivity index (χ0) is 20.5. The zero-order valence-corrected chi connectivity index (χ0v) is 19.3. The average molecular weight is 607 g/mol. The van der Waals surface area contributed by atoms with E-state index in [1.807, 2.05) is 75.5 Å². The minimum atomic E-state index is -0.583. The van der Waals surface area contributed by atoms with Crippen LogP contribution in [0, 0.1) is 7.14 Å². The maximum absolute atomic E-state index is 12.3. The van der Waals surface area contributed by atoms with Crippen LogP contribution in [0.25, 0.3) is 0 Å². The Balaban J connectivity index is 2.02. The Hall–Kier alpha value is -1.89. The van der Waals surface area contributed by atoms with Gasteiger partial charge in [0, 0.05) is 0 Å². The van der Waals surface area contributed by atoms with Crippen LogP contribution in [0.1, 0.15) is 30.5 Å². The molecule has 148 valence electrons. The molecule has 0 aromatic heterocycles. The van der Waals surface area contributed by atoms with Crippen LogP contribution in [-0.2, 0) is 9.53 Å². The number of ether oxygens (including phenoxy) is 1. The lowest BCUT2D eigenvalue weighted by Crippen LogP contribution is -2.33. The predicted octanol–water partition coefficient (Wildman–Crippen LogP) is 3.93. The molecule has 2 aromatic carbocycles. The van der Waals surface area contributed by atoms with Crippen molar-refractivity contribution in [1.29, 1.82) is 0 Å². The normalized spacial score (nSPS) is 11.8. The first kappa shape index (κ1) is 22.4. The van der Waals surface area contributed by atoms with Crippen LogP contribution in [0.4, 0.5) is 4.79 Å². The Bertz CT molecular complexity index is 837. The van der Waals surface area contributed by atoms with E-state index in [0.717, 1.165) is 11.1 Å². The second-order valence-electron chi connectivity index (χ2n) is 5.66. The fourth-order valence-corrected chi connectivity index (χ4v) is 4.14. The molecule has 0 saturated heterocycles. The highest BCUT2D eigenvalue weighted by Crippen LogP contribution is 2.26. The van der Waals surface area contributed by atoms with Crippen LogP contribution >= 0.6 is 45.2 Å². The Morgan fingerprint density at radius 2 is 1.86 bits per heavy atom. The molecular formula is C19H19I2N3O4. The molecule has 0 heterocycles. The van der Waals surface area contributed by atoms with Crippen LogP contribution in [-0.4, -0.2) is 29.9 Å². The van der Waals surface area contributed by atoms with E-state index in [-0.39, 0.29) is 24.7 Å². The monoisotopic (exact) mass is 607 g/mol. The number of nitrogens with zero attached hydrogens (tertiary/aromatic N) is 1. The van der Waals surface area contributed by atoms with Crippen molar-refractivity contribution in [1.82, 2.24) is 10.7 Å². The quantitative estimate of drug-likeness (QED) is 0.253. The number of hydrazone groups is 1. The number of benzene rings is 2. The number of carbonyl (C=O) groups excluding carboxylic acids is 2. The molecule has 28 heavy (non-hydrogen) atoms. The molecule has 0 spiro atoms. The van der Waals surface area contributed by atoms with Crippen molar-refractivity contribution in [2.45, 2.75) is 19.4 Å². The van der Waals surface area contributed by atoms with Gasteiger partial charge in [-0.3, -0.25) is 4.79 Å². The maximum Gasteiger partial charge on any atom is 0.407 e. The van der Waals surface area contributed by atoms with Crippen LogP contribution in [0.5, 0.6) is 5.75 Å². The lowest BCUT2D eigenvalue weighted by molar-refractivity contribution is -0.121. The fourth-order valence-electron chi connectivity index (χ4n) is 2.32. The van der Waals surface area contributed by atoms with Crippen molar-refractivity contribution in [2.75, 3.05) is 6.61 Å². The van der Waals surface area contributed by atoms with E-state index in [0.29, 0.717) is 7.14 Å².